The van der Waals surface area contributed by atoms with Crippen molar-refractivity contribution in [1.82, 2.24) is 14.7 Å². The Bertz CT molecular complexity index is 781. The number of nitrogens with one attached hydrogen (secondary N) is 1. The van der Waals surface area contributed by atoms with E-state index < -0.39 is 11.7 Å². The van der Waals surface area contributed by atoms with Crippen molar-refractivity contribution in [3.05, 3.63) is 41.1 Å². The van der Waals surface area contributed by atoms with Crippen molar-refractivity contribution >= 4 is 5.82 Å². The summed E-state index contributed by atoms with van der Waals surface area (Å²) in [7, 11) is 2.10. The van der Waals surface area contributed by atoms with Gasteiger partial charge in [0.1, 0.15) is 5.82 Å². The molecule has 0 radical (unpaired) electrons. The van der Waals surface area contributed by atoms with Gasteiger partial charge in [0.15, 0.2) is 0 Å². The number of hydrogen-bond donors (Lipinski definition) is 1. The third-order valence-electron chi connectivity index (χ3n) is 5.19. The molecule has 134 valence electrons. The molecule has 1 aromatic heterocycles. The molecule has 0 bridgehead atoms. The van der Waals surface area contributed by atoms with Crippen molar-refractivity contribution < 1.29 is 13.2 Å². The molecule has 1 saturated heterocycles. The molecule has 0 saturated carbocycles. The average Bonchev–Trinajstić information content (AvgIpc) is 3.17. The van der Waals surface area contributed by atoms with Crippen LogP contribution in [0.15, 0.2) is 24.3 Å². The summed E-state index contributed by atoms with van der Waals surface area (Å²) >= 11 is 0. The van der Waals surface area contributed by atoms with Crippen LogP contribution in [0, 0.1) is 0 Å². The van der Waals surface area contributed by atoms with E-state index in [0.717, 1.165) is 55.5 Å². The van der Waals surface area contributed by atoms with Gasteiger partial charge in [-0.05, 0) is 51.1 Å². The first-order valence-corrected chi connectivity index (χ1v) is 8.68. The number of alkyl halides is 3. The highest BCUT2D eigenvalue weighted by Gasteiger charge is 2.33. The minimum Gasteiger partial charge on any atom is -0.369 e. The van der Waals surface area contributed by atoms with E-state index in [4.69, 9.17) is 5.10 Å². The number of rotatable bonds is 2. The molecule has 4 rings (SSSR count). The lowest BCUT2D eigenvalue weighted by atomic mass is 9.97. The lowest BCUT2D eigenvalue weighted by Gasteiger charge is -2.31. The van der Waals surface area contributed by atoms with Crippen LogP contribution >= 0.6 is 0 Å². The summed E-state index contributed by atoms with van der Waals surface area (Å²) in [6, 6.07) is 5.62. The Morgan fingerprint density at radius 1 is 1.24 bits per heavy atom. The fraction of sp³-hybridized carbons (Fsp3) is 0.500. The fourth-order valence-electron chi connectivity index (χ4n) is 3.89. The van der Waals surface area contributed by atoms with Crippen LogP contribution in [-0.4, -0.2) is 34.8 Å². The quantitative estimate of drug-likeness (QED) is 0.888. The number of halogens is 3. The Balaban J connectivity index is 1.78. The third kappa shape index (κ3) is 2.90. The van der Waals surface area contributed by atoms with Crippen LogP contribution in [-0.2, 0) is 12.6 Å². The average molecular weight is 350 g/mol. The second-order valence-corrected chi connectivity index (χ2v) is 6.84. The molecule has 25 heavy (non-hydrogen) atoms. The molecule has 2 aromatic rings. The lowest BCUT2D eigenvalue weighted by Crippen LogP contribution is -2.30. The number of aromatic nitrogens is 2. The SMILES string of the molecule is CN1CCCCC1c1nn(-c2cccc(C(F)(F)F)c2)c2c1CCN2. The van der Waals surface area contributed by atoms with Gasteiger partial charge in [0.05, 0.1) is 23.0 Å². The molecule has 2 aliphatic heterocycles. The van der Waals surface area contributed by atoms with Gasteiger partial charge >= 0.3 is 6.18 Å². The van der Waals surface area contributed by atoms with Gasteiger partial charge in [0.25, 0.3) is 0 Å². The van der Waals surface area contributed by atoms with Crippen molar-refractivity contribution in [3.8, 4) is 5.69 Å². The van der Waals surface area contributed by atoms with Crippen molar-refractivity contribution in [2.75, 3.05) is 25.5 Å². The van der Waals surface area contributed by atoms with E-state index in [2.05, 4.69) is 17.3 Å². The van der Waals surface area contributed by atoms with Gasteiger partial charge in [-0.15, -0.1) is 0 Å². The second-order valence-electron chi connectivity index (χ2n) is 6.84. The molecular weight excluding hydrogens is 329 g/mol. The summed E-state index contributed by atoms with van der Waals surface area (Å²) in [5.74, 6) is 0.841. The highest BCUT2D eigenvalue weighted by Crippen LogP contribution is 2.38. The number of hydrogen-bond acceptors (Lipinski definition) is 3. The Labute approximate surface area is 144 Å². The van der Waals surface area contributed by atoms with E-state index in [1.165, 1.54) is 18.6 Å². The molecule has 1 N–H and O–H groups in total. The van der Waals surface area contributed by atoms with Gasteiger partial charge in [-0.3, -0.25) is 4.90 Å². The number of anilines is 1. The van der Waals surface area contributed by atoms with Gasteiger partial charge in [-0.25, -0.2) is 4.68 Å². The highest BCUT2D eigenvalue weighted by atomic mass is 19.4. The number of benzene rings is 1. The van der Waals surface area contributed by atoms with Crippen LogP contribution in [0.25, 0.3) is 5.69 Å². The normalized spacial score (nSPS) is 21.2. The Morgan fingerprint density at radius 3 is 2.84 bits per heavy atom. The van der Waals surface area contributed by atoms with E-state index >= 15 is 0 Å². The van der Waals surface area contributed by atoms with Gasteiger partial charge in [0.2, 0.25) is 0 Å². The van der Waals surface area contributed by atoms with Gasteiger partial charge in [-0.2, -0.15) is 18.3 Å². The maximum absolute atomic E-state index is 13.1. The monoisotopic (exact) mass is 350 g/mol. The summed E-state index contributed by atoms with van der Waals surface area (Å²) in [6.45, 7) is 1.83. The van der Waals surface area contributed by atoms with Crippen molar-refractivity contribution in [2.24, 2.45) is 0 Å². The molecule has 4 nitrogen and oxygen atoms in total. The molecule has 1 unspecified atom stereocenters. The molecular formula is C18H21F3N4. The smallest absolute Gasteiger partial charge is 0.369 e. The zero-order valence-electron chi connectivity index (χ0n) is 14.1. The minimum atomic E-state index is -4.35. The van der Waals surface area contributed by atoms with Crippen molar-refractivity contribution in [3.63, 3.8) is 0 Å². The summed E-state index contributed by atoms with van der Waals surface area (Å²) in [5, 5.41) is 8.04. The van der Waals surface area contributed by atoms with Crippen LogP contribution < -0.4 is 5.32 Å². The molecule has 1 fully saturated rings. The van der Waals surface area contributed by atoms with E-state index in [1.807, 2.05) is 0 Å². The fourth-order valence-corrected chi connectivity index (χ4v) is 3.89. The van der Waals surface area contributed by atoms with E-state index in [9.17, 15) is 13.2 Å². The summed E-state index contributed by atoms with van der Waals surface area (Å²) in [5.41, 5.74) is 1.96. The lowest BCUT2D eigenvalue weighted by molar-refractivity contribution is -0.137. The van der Waals surface area contributed by atoms with Gasteiger partial charge in [-0.1, -0.05) is 12.5 Å². The highest BCUT2D eigenvalue weighted by molar-refractivity contribution is 5.58. The summed E-state index contributed by atoms with van der Waals surface area (Å²) in [6.07, 6.45) is -0.0991. The Morgan fingerprint density at radius 2 is 2.08 bits per heavy atom. The zero-order valence-corrected chi connectivity index (χ0v) is 14.1. The first kappa shape index (κ1) is 16.4. The number of nitrogens with zero attached hydrogens (tertiary/aromatic N) is 3. The largest absolute Gasteiger partial charge is 0.416 e. The Kier molecular flexibility index (Phi) is 3.98. The predicted octanol–water partition coefficient (Wildman–Crippen LogP) is 4.02. The van der Waals surface area contributed by atoms with Crippen molar-refractivity contribution in [1.29, 1.82) is 0 Å². The van der Waals surface area contributed by atoms with Crippen LogP contribution in [0.2, 0.25) is 0 Å². The van der Waals surface area contributed by atoms with Crippen LogP contribution in [0.4, 0.5) is 19.0 Å². The molecule has 0 aliphatic carbocycles. The number of piperidine rings is 1. The zero-order chi connectivity index (χ0) is 17.6. The van der Waals surface area contributed by atoms with Crippen LogP contribution in [0.5, 0.6) is 0 Å². The number of fused-ring (bicyclic) bond motifs is 1. The van der Waals surface area contributed by atoms with E-state index in [0.29, 0.717) is 5.69 Å². The van der Waals surface area contributed by atoms with Crippen molar-refractivity contribution in [2.45, 2.75) is 37.9 Å². The number of likely N-dealkylation sites (tertiary alicyclic amines) is 1. The van der Waals surface area contributed by atoms with Crippen LogP contribution in [0.1, 0.15) is 42.1 Å². The van der Waals surface area contributed by atoms with E-state index in [1.54, 1.807) is 10.7 Å². The molecule has 7 heteroatoms. The predicted molar refractivity (Wildman–Crippen MR) is 90.0 cm³/mol. The topological polar surface area (TPSA) is 33.1 Å². The molecule has 0 spiro atoms. The molecule has 3 heterocycles. The standard InChI is InChI=1S/C18H21F3N4/c1-24-10-3-2-7-15(24)16-14-8-9-22-17(14)25(23-16)13-6-4-5-12(11-13)18(19,20)21/h4-6,11,15,22H,2-3,7-10H2,1H3. The second kappa shape index (κ2) is 6.05. The van der Waals surface area contributed by atoms with E-state index in [-0.39, 0.29) is 6.04 Å². The van der Waals surface area contributed by atoms with Gasteiger partial charge in [0, 0.05) is 12.1 Å². The third-order valence-corrected chi connectivity index (χ3v) is 5.19. The van der Waals surface area contributed by atoms with Gasteiger partial charge < -0.3 is 5.32 Å². The molecule has 2 aliphatic rings. The molecule has 1 atom stereocenters. The first-order valence-electron chi connectivity index (χ1n) is 8.68. The summed E-state index contributed by atoms with van der Waals surface area (Å²) < 4.78 is 40.8. The maximum Gasteiger partial charge on any atom is 0.416 e. The molecule has 0 amide bonds. The summed E-state index contributed by atoms with van der Waals surface area (Å²) in [4.78, 5) is 2.31. The first-order chi connectivity index (χ1) is 11.9. The molecule has 1 aromatic carbocycles. The van der Waals surface area contributed by atoms with Crippen LogP contribution in [0.3, 0.4) is 0 Å². The minimum absolute atomic E-state index is 0.245. The maximum atomic E-state index is 13.1. The Hall–Kier alpha value is -2.02.